The molecule has 0 fully saturated rings. The number of anilines is 1. The second kappa shape index (κ2) is 7.65. The molecule has 0 aromatic heterocycles. The molecule has 2 amide bonds. The van der Waals surface area contributed by atoms with Gasteiger partial charge in [-0.15, -0.1) is 0 Å². The van der Waals surface area contributed by atoms with Crippen molar-refractivity contribution in [3.05, 3.63) is 29.3 Å². The van der Waals surface area contributed by atoms with E-state index in [1.54, 1.807) is 0 Å². The number of nitrogens with one attached hydrogen (secondary N) is 2. The molecule has 0 aliphatic carbocycles. The number of amides is 2. The fourth-order valence-electron chi connectivity index (χ4n) is 1.86. The highest BCUT2D eigenvalue weighted by molar-refractivity contribution is 6.39. The van der Waals surface area contributed by atoms with Crippen molar-refractivity contribution >= 4 is 17.5 Å². The van der Waals surface area contributed by atoms with E-state index >= 15 is 0 Å². The van der Waals surface area contributed by atoms with Crippen LogP contribution in [0.5, 0.6) is 0 Å². The summed E-state index contributed by atoms with van der Waals surface area (Å²) in [6.07, 6.45) is 0.815. The van der Waals surface area contributed by atoms with Gasteiger partial charge in [-0.05, 0) is 52.0 Å². The molecule has 0 bridgehead atoms. The Labute approximate surface area is 120 Å². The predicted octanol–water partition coefficient (Wildman–Crippen LogP) is 1.31. The molecule has 0 saturated heterocycles. The fourth-order valence-corrected chi connectivity index (χ4v) is 1.86. The largest absolute Gasteiger partial charge is 0.348 e. The van der Waals surface area contributed by atoms with E-state index in [-0.39, 0.29) is 0 Å². The number of para-hydroxylation sites is 1. The lowest BCUT2D eigenvalue weighted by Gasteiger charge is -2.12. The Morgan fingerprint density at radius 2 is 1.70 bits per heavy atom. The minimum atomic E-state index is -0.618. The first-order chi connectivity index (χ1) is 9.41. The van der Waals surface area contributed by atoms with Crippen LogP contribution in [0.3, 0.4) is 0 Å². The first kappa shape index (κ1) is 16.2. The van der Waals surface area contributed by atoms with E-state index in [4.69, 9.17) is 0 Å². The lowest BCUT2D eigenvalue weighted by atomic mass is 10.1. The molecule has 5 heteroatoms. The molecule has 5 nitrogen and oxygen atoms in total. The SMILES string of the molecule is Cc1cccc(C)c1NC(=O)C(=O)NCCCN(C)C. The number of carbonyl (C=O) groups excluding carboxylic acids is 2. The van der Waals surface area contributed by atoms with E-state index in [0.29, 0.717) is 12.2 Å². The number of rotatable bonds is 5. The molecule has 20 heavy (non-hydrogen) atoms. The van der Waals surface area contributed by atoms with Crippen LogP contribution in [-0.4, -0.2) is 43.9 Å². The van der Waals surface area contributed by atoms with Gasteiger partial charge in [0, 0.05) is 12.2 Å². The first-order valence-electron chi connectivity index (χ1n) is 6.72. The number of hydrogen-bond donors (Lipinski definition) is 2. The molecule has 1 aromatic rings. The van der Waals surface area contributed by atoms with Crippen molar-refractivity contribution < 1.29 is 9.59 Å². The second-order valence-corrected chi connectivity index (χ2v) is 5.13. The zero-order chi connectivity index (χ0) is 15.1. The fraction of sp³-hybridized carbons (Fsp3) is 0.467. The molecule has 0 atom stereocenters. The van der Waals surface area contributed by atoms with Crippen LogP contribution in [0.15, 0.2) is 18.2 Å². The zero-order valence-electron chi connectivity index (χ0n) is 12.6. The van der Waals surface area contributed by atoms with Crippen LogP contribution in [0.25, 0.3) is 0 Å². The Morgan fingerprint density at radius 1 is 1.10 bits per heavy atom. The number of benzene rings is 1. The van der Waals surface area contributed by atoms with Crippen LogP contribution >= 0.6 is 0 Å². The highest BCUT2D eigenvalue weighted by atomic mass is 16.2. The van der Waals surface area contributed by atoms with E-state index in [0.717, 1.165) is 24.1 Å². The standard InChI is InChI=1S/C15H23N3O2/c1-11-7-5-8-12(2)13(11)17-15(20)14(19)16-9-6-10-18(3)4/h5,7-8H,6,9-10H2,1-4H3,(H,16,19)(H,17,20). The van der Waals surface area contributed by atoms with E-state index < -0.39 is 11.8 Å². The van der Waals surface area contributed by atoms with Crippen LogP contribution < -0.4 is 10.6 Å². The minimum absolute atomic E-state index is 0.497. The van der Waals surface area contributed by atoms with E-state index in [1.807, 2.05) is 51.0 Å². The van der Waals surface area contributed by atoms with Gasteiger partial charge in [0.25, 0.3) is 0 Å². The summed E-state index contributed by atoms with van der Waals surface area (Å²) in [5.41, 5.74) is 2.60. The highest BCUT2D eigenvalue weighted by Crippen LogP contribution is 2.18. The Kier molecular flexibility index (Phi) is 6.18. The van der Waals surface area contributed by atoms with Crippen molar-refractivity contribution in [1.82, 2.24) is 10.2 Å². The van der Waals surface area contributed by atoms with E-state index in [1.165, 1.54) is 0 Å². The average Bonchev–Trinajstić information content (AvgIpc) is 2.38. The summed E-state index contributed by atoms with van der Waals surface area (Å²) in [5, 5.41) is 5.29. The molecule has 0 unspecified atom stereocenters. The Morgan fingerprint density at radius 3 is 2.25 bits per heavy atom. The number of aryl methyl sites for hydroxylation is 2. The molecule has 1 rings (SSSR count). The van der Waals surface area contributed by atoms with Gasteiger partial charge < -0.3 is 15.5 Å². The molecule has 0 saturated carbocycles. The molecule has 0 radical (unpaired) electrons. The first-order valence-corrected chi connectivity index (χ1v) is 6.72. The van der Waals surface area contributed by atoms with Crippen molar-refractivity contribution in [2.45, 2.75) is 20.3 Å². The van der Waals surface area contributed by atoms with Crippen LogP contribution in [0.2, 0.25) is 0 Å². The van der Waals surface area contributed by atoms with Crippen LogP contribution in [-0.2, 0) is 9.59 Å². The van der Waals surface area contributed by atoms with Crippen LogP contribution in [0.1, 0.15) is 17.5 Å². The summed E-state index contributed by atoms with van der Waals surface area (Å²) in [7, 11) is 3.94. The smallest absolute Gasteiger partial charge is 0.313 e. The van der Waals surface area contributed by atoms with Crippen molar-refractivity contribution in [3.8, 4) is 0 Å². The Balaban J connectivity index is 2.48. The maximum atomic E-state index is 11.8. The Bertz CT molecular complexity index is 464. The van der Waals surface area contributed by atoms with Crippen molar-refractivity contribution in [1.29, 1.82) is 0 Å². The number of hydrogen-bond acceptors (Lipinski definition) is 3. The van der Waals surface area contributed by atoms with Gasteiger partial charge in [-0.1, -0.05) is 18.2 Å². The van der Waals surface area contributed by atoms with E-state index in [2.05, 4.69) is 10.6 Å². The van der Waals surface area contributed by atoms with Gasteiger partial charge >= 0.3 is 11.8 Å². The third-order valence-corrected chi connectivity index (χ3v) is 2.99. The van der Waals surface area contributed by atoms with E-state index in [9.17, 15) is 9.59 Å². The predicted molar refractivity (Wildman–Crippen MR) is 80.7 cm³/mol. The lowest BCUT2D eigenvalue weighted by Crippen LogP contribution is -2.36. The lowest BCUT2D eigenvalue weighted by molar-refractivity contribution is -0.136. The maximum absolute atomic E-state index is 11.8. The summed E-state index contributed by atoms with van der Waals surface area (Å²) in [5.74, 6) is -1.21. The molecule has 0 heterocycles. The Hall–Kier alpha value is -1.88. The molecule has 0 aliphatic heterocycles. The zero-order valence-corrected chi connectivity index (χ0v) is 12.6. The van der Waals surface area contributed by atoms with Gasteiger partial charge in [0.1, 0.15) is 0 Å². The van der Waals surface area contributed by atoms with Gasteiger partial charge in [-0.2, -0.15) is 0 Å². The number of nitrogens with zero attached hydrogens (tertiary/aromatic N) is 1. The normalized spacial score (nSPS) is 10.4. The van der Waals surface area contributed by atoms with Gasteiger partial charge in [0.05, 0.1) is 0 Å². The third kappa shape index (κ3) is 5.01. The minimum Gasteiger partial charge on any atom is -0.348 e. The highest BCUT2D eigenvalue weighted by Gasteiger charge is 2.14. The van der Waals surface area contributed by atoms with Crippen molar-refractivity contribution in [2.75, 3.05) is 32.5 Å². The second-order valence-electron chi connectivity index (χ2n) is 5.13. The van der Waals surface area contributed by atoms with Crippen LogP contribution in [0.4, 0.5) is 5.69 Å². The average molecular weight is 277 g/mol. The van der Waals surface area contributed by atoms with Crippen LogP contribution in [0, 0.1) is 13.8 Å². The number of carbonyl (C=O) groups is 2. The van der Waals surface area contributed by atoms with Gasteiger partial charge in [-0.25, -0.2) is 0 Å². The molecule has 1 aromatic carbocycles. The van der Waals surface area contributed by atoms with Gasteiger partial charge in [0.2, 0.25) is 0 Å². The summed E-state index contributed by atoms with van der Waals surface area (Å²) in [6, 6.07) is 5.72. The molecular formula is C15H23N3O2. The molecule has 0 aliphatic rings. The summed E-state index contributed by atoms with van der Waals surface area (Å²) in [6.45, 7) is 5.17. The topological polar surface area (TPSA) is 61.4 Å². The summed E-state index contributed by atoms with van der Waals surface area (Å²) >= 11 is 0. The molecular weight excluding hydrogens is 254 g/mol. The third-order valence-electron chi connectivity index (χ3n) is 2.99. The van der Waals surface area contributed by atoms with Gasteiger partial charge in [-0.3, -0.25) is 9.59 Å². The van der Waals surface area contributed by atoms with Crippen molar-refractivity contribution in [2.24, 2.45) is 0 Å². The monoisotopic (exact) mass is 277 g/mol. The quantitative estimate of drug-likeness (QED) is 0.630. The molecule has 110 valence electrons. The maximum Gasteiger partial charge on any atom is 0.313 e. The van der Waals surface area contributed by atoms with Gasteiger partial charge in [0.15, 0.2) is 0 Å². The summed E-state index contributed by atoms with van der Waals surface area (Å²) < 4.78 is 0. The summed E-state index contributed by atoms with van der Waals surface area (Å²) in [4.78, 5) is 25.5. The molecule has 0 spiro atoms. The molecule has 2 N–H and O–H groups in total. The van der Waals surface area contributed by atoms with Crippen molar-refractivity contribution in [3.63, 3.8) is 0 Å².